The van der Waals surface area contributed by atoms with E-state index in [2.05, 4.69) is 20.6 Å². The lowest BCUT2D eigenvalue weighted by atomic mass is 9.91. The van der Waals surface area contributed by atoms with Crippen LogP contribution in [0.15, 0.2) is 46.0 Å². The van der Waals surface area contributed by atoms with Crippen LogP contribution < -0.4 is 10.9 Å². The minimum absolute atomic E-state index is 0.00587. The van der Waals surface area contributed by atoms with Crippen LogP contribution in [0.3, 0.4) is 0 Å². The third kappa shape index (κ3) is 3.65. The Morgan fingerprint density at radius 3 is 2.83 bits per heavy atom. The predicted molar refractivity (Wildman–Crippen MR) is 109 cm³/mol. The molecular formula is C22H23N5O3. The number of hydrogen-bond acceptors (Lipinski definition) is 6. The summed E-state index contributed by atoms with van der Waals surface area (Å²) in [5.74, 6) is 0.268. The molecule has 1 saturated carbocycles. The fourth-order valence-electron chi connectivity index (χ4n) is 4.43. The zero-order valence-electron chi connectivity index (χ0n) is 16.6. The van der Waals surface area contributed by atoms with Gasteiger partial charge in [0.05, 0.1) is 11.7 Å². The fourth-order valence-corrected chi connectivity index (χ4v) is 4.43. The molecule has 154 valence electrons. The average Bonchev–Trinajstić information content (AvgIpc) is 3.44. The van der Waals surface area contributed by atoms with Gasteiger partial charge in [0, 0.05) is 36.1 Å². The van der Waals surface area contributed by atoms with Crippen molar-refractivity contribution >= 4 is 5.91 Å². The highest BCUT2D eigenvalue weighted by Crippen LogP contribution is 2.28. The minimum Gasteiger partial charge on any atom is -0.355 e. The van der Waals surface area contributed by atoms with Crippen LogP contribution in [0.2, 0.25) is 0 Å². The second kappa shape index (κ2) is 7.85. The lowest BCUT2D eigenvalue weighted by Crippen LogP contribution is -2.39. The first-order valence-corrected chi connectivity index (χ1v) is 10.5. The molecule has 3 aromatic rings. The van der Waals surface area contributed by atoms with Crippen molar-refractivity contribution < 1.29 is 9.32 Å². The molecule has 0 radical (unpaired) electrons. The molecule has 1 N–H and O–H groups in total. The summed E-state index contributed by atoms with van der Waals surface area (Å²) < 4.78 is 6.96. The number of fused-ring (bicyclic) bond motifs is 1. The molecule has 3 aromatic heterocycles. The first kappa shape index (κ1) is 18.7. The van der Waals surface area contributed by atoms with E-state index in [4.69, 9.17) is 4.52 Å². The van der Waals surface area contributed by atoms with Gasteiger partial charge in [-0.1, -0.05) is 5.16 Å². The van der Waals surface area contributed by atoms with Gasteiger partial charge < -0.3 is 9.84 Å². The van der Waals surface area contributed by atoms with Crippen molar-refractivity contribution in [2.75, 3.05) is 0 Å². The molecule has 2 aliphatic carbocycles. The van der Waals surface area contributed by atoms with Crippen LogP contribution in [0.5, 0.6) is 0 Å². The molecular weight excluding hydrogens is 382 g/mol. The average molecular weight is 405 g/mol. The van der Waals surface area contributed by atoms with Gasteiger partial charge in [0.1, 0.15) is 0 Å². The number of carbonyl (C=O) groups is 1. The maximum atomic E-state index is 12.6. The standard InChI is InChI=1S/C22H23N5O3/c28-21-11-14-3-1-5-18(14)25-27(21)17-8-6-16(7-9-17)24-22(29)19-12-20(30-26-19)15-4-2-10-23-13-15/h2,4,10-13,16-17H,1,3,5-9H2,(H,24,29). The number of hydrogen-bond donors (Lipinski definition) is 1. The van der Waals surface area contributed by atoms with E-state index < -0.39 is 0 Å². The van der Waals surface area contributed by atoms with E-state index in [1.165, 1.54) is 0 Å². The first-order valence-electron chi connectivity index (χ1n) is 10.5. The lowest BCUT2D eigenvalue weighted by molar-refractivity contribution is 0.0912. The Labute approximate surface area is 173 Å². The summed E-state index contributed by atoms with van der Waals surface area (Å²) >= 11 is 0. The molecule has 0 atom stereocenters. The summed E-state index contributed by atoms with van der Waals surface area (Å²) in [7, 11) is 0. The molecule has 2 aliphatic rings. The quantitative estimate of drug-likeness (QED) is 0.716. The van der Waals surface area contributed by atoms with Crippen molar-refractivity contribution in [1.82, 2.24) is 25.2 Å². The zero-order valence-corrected chi connectivity index (χ0v) is 16.6. The van der Waals surface area contributed by atoms with Crippen molar-refractivity contribution in [3.05, 3.63) is 64.0 Å². The highest BCUT2D eigenvalue weighted by atomic mass is 16.5. The van der Waals surface area contributed by atoms with E-state index >= 15 is 0 Å². The maximum absolute atomic E-state index is 12.6. The Kier molecular flexibility index (Phi) is 4.90. The van der Waals surface area contributed by atoms with Gasteiger partial charge in [0.2, 0.25) is 0 Å². The van der Waals surface area contributed by atoms with Crippen LogP contribution in [0.25, 0.3) is 11.3 Å². The van der Waals surface area contributed by atoms with E-state index in [9.17, 15) is 9.59 Å². The smallest absolute Gasteiger partial charge is 0.273 e. The highest BCUT2D eigenvalue weighted by Gasteiger charge is 2.27. The Hall–Kier alpha value is -3.29. The molecule has 0 saturated heterocycles. The van der Waals surface area contributed by atoms with Crippen LogP contribution in [-0.4, -0.2) is 31.9 Å². The second-order valence-corrected chi connectivity index (χ2v) is 8.05. The van der Waals surface area contributed by atoms with Crippen LogP contribution in [0, 0.1) is 0 Å². The van der Waals surface area contributed by atoms with Gasteiger partial charge in [-0.05, 0) is 62.6 Å². The molecule has 8 nitrogen and oxygen atoms in total. The molecule has 30 heavy (non-hydrogen) atoms. The molecule has 0 bridgehead atoms. The first-order chi connectivity index (χ1) is 14.7. The normalized spacial score (nSPS) is 20.7. The lowest BCUT2D eigenvalue weighted by Gasteiger charge is -2.29. The topological polar surface area (TPSA) is 103 Å². The predicted octanol–water partition coefficient (Wildman–Crippen LogP) is 2.70. The highest BCUT2D eigenvalue weighted by molar-refractivity contribution is 5.93. The number of nitrogens with zero attached hydrogens (tertiary/aromatic N) is 4. The van der Waals surface area contributed by atoms with Crippen LogP contribution in [0.1, 0.15) is 59.9 Å². The molecule has 0 aromatic carbocycles. The number of rotatable bonds is 4. The van der Waals surface area contributed by atoms with Crippen molar-refractivity contribution in [2.45, 2.75) is 57.0 Å². The van der Waals surface area contributed by atoms with Gasteiger partial charge in [-0.3, -0.25) is 14.6 Å². The van der Waals surface area contributed by atoms with Crippen LogP contribution >= 0.6 is 0 Å². The molecule has 5 rings (SSSR count). The second-order valence-electron chi connectivity index (χ2n) is 8.05. The largest absolute Gasteiger partial charge is 0.355 e. The van der Waals surface area contributed by atoms with E-state index in [-0.39, 0.29) is 29.2 Å². The van der Waals surface area contributed by atoms with Gasteiger partial charge in [-0.2, -0.15) is 5.10 Å². The Bertz CT molecular complexity index is 1110. The summed E-state index contributed by atoms with van der Waals surface area (Å²) in [6, 6.07) is 7.20. The maximum Gasteiger partial charge on any atom is 0.273 e. The number of pyridine rings is 1. The fraction of sp³-hybridized carbons (Fsp3) is 0.409. The molecule has 8 heteroatoms. The number of aryl methyl sites for hydroxylation is 2. The molecule has 1 amide bonds. The number of nitrogens with one attached hydrogen (secondary N) is 1. The summed E-state index contributed by atoms with van der Waals surface area (Å²) in [5.41, 5.74) is 3.20. The van der Waals surface area contributed by atoms with Crippen molar-refractivity contribution in [2.24, 2.45) is 0 Å². The minimum atomic E-state index is -0.245. The third-order valence-electron chi connectivity index (χ3n) is 6.05. The van der Waals surface area contributed by atoms with Gasteiger partial charge in [-0.25, -0.2) is 4.68 Å². The van der Waals surface area contributed by atoms with E-state index in [0.717, 1.165) is 61.8 Å². The Morgan fingerprint density at radius 2 is 2.03 bits per heavy atom. The number of aromatic nitrogens is 4. The number of amides is 1. The molecule has 0 unspecified atom stereocenters. The van der Waals surface area contributed by atoms with Gasteiger partial charge in [-0.15, -0.1) is 0 Å². The van der Waals surface area contributed by atoms with Gasteiger partial charge in [0.15, 0.2) is 11.5 Å². The summed E-state index contributed by atoms with van der Waals surface area (Å²) in [4.78, 5) is 29.1. The van der Waals surface area contributed by atoms with Crippen LogP contribution in [0.4, 0.5) is 0 Å². The van der Waals surface area contributed by atoms with Crippen molar-refractivity contribution in [1.29, 1.82) is 0 Å². The molecule has 0 aliphatic heterocycles. The van der Waals surface area contributed by atoms with E-state index in [1.54, 1.807) is 35.3 Å². The Morgan fingerprint density at radius 1 is 1.17 bits per heavy atom. The Balaban J connectivity index is 1.20. The van der Waals surface area contributed by atoms with Crippen molar-refractivity contribution in [3.8, 4) is 11.3 Å². The molecule has 1 fully saturated rings. The van der Waals surface area contributed by atoms with Crippen molar-refractivity contribution in [3.63, 3.8) is 0 Å². The SMILES string of the molecule is O=C(NC1CCC(n2nc3c(cc2=O)CCC3)CC1)c1cc(-c2cccnc2)on1. The monoisotopic (exact) mass is 405 g/mol. The third-order valence-corrected chi connectivity index (χ3v) is 6.05. The van der Waals surface area contributed by atoms with E-state index in [1.807, 2.05) is 6.07 Å². The van der Waals surface area contributed by atoms with Gasteiger partial charge in [0.25, 0.3) is 11.5 Å². The summed E-state index contributed by atoms with van der Waals surface area (Å²) in [6.07, 6.45) is 9.57. The summed E-state index contributed by atoms with van der Waals surface area (Å²) in [6.45, 7) is 0. The van der Waals surface area contributed by atoms with Gasteiger partial charge >= 0.3 is 0 Å². The molecule has 0 spiro atoms. The van der Waals surface area contributed by atoms with E-state index in [0.29, 0.717) is 5.76 Å². The molecule has 3 heterocycles. The zero-order chi connectivity index (χ0) is 20.5. The summed E-state index contributed by atoms with van der Waals surface area (Å²) in [5, 5.41) is 11.6. The van der Waals surface area contributed by atoms with Crippen LogP contribution in [-0.2, 0) is 12.8 Å². The number of carbonyl (C=O) groups excluding carboxylic acids is 1.